The van der Waals surface area contributed by atoms with Crippen molar-refractivity contribution in [2.75, 3.05) is 26.3 Å². The Labute approximate surface area is 190 Å². The maximum absolute atomic E-state index is 6.69. The van der Waals surface area contributed by atoms with E-state index in [0.29, 0.717) is 5.75 Å². The fourth-order valence-corrected chi connectivity index (χ4v) is 5.15. The van der Waals surface area contributed by atoms with Gasteiger partial charge in [-0.3, -0.25) is 9.88 Å². The molecule has 0 saturated carbocycles. The number of hydrogen-bond acceptors (Lipinski definition) is 6. The van der Waals surface area contributed by atoms with Crippen LogP contribution in [0.15, 0.2) is 53.6 Å². The van der Waals surface area contributed by atoms with Gasteiger partial charge in [-0.05, 0) is 24.6 Å². The molecule has 2 aromatic heterocycles. The second-order valence-corrected chi connectivity index (χ2v) is 9.00. The zero-order chi connectivity index (χ0) is 21.2. The Morgan fingerprint density at radius 3 is 2.39 bits per heavy atom. The molecule has 1 aliphatic rings. The Hall–Kier alpha value is -2.25. The minimum Gasteiger partial charge on any atom is -0.379 e. The summed E-state index contributed by atoms with van der Waals surface area (Å²) in [6.07, 6.45) is 0. The Bertz CT molecular complexity index is 1240. The van der Waals surface area contributed by atoms with Crippen LogP contribution in [-0.2, 0) is 17.0 Å². The van der Waals surface area contributed by atoms with Gasteiger partial charge in [0.1, 0.15) is 10.9 Å². The summed E-state index contributed by atoms with van der Waals surface area (Å²) in [5.41, 5.74) is 3.90. The maximum Gasteiger partial charge on any atom is 0.144 e. The third-order valence-electron chi connectivity index (χ3n) is 5.57. The van der Waals surface area contributed by atoms with Crippen LogP contribution < -0.4 is 0 Å². The molecule has 31 heavy (non-hydrogen) atoms. The molecule has 0 N–H and O–H groups in total. The van der Waals surface area contributed by atoms with Crippen molar-refractivity contribution in [3.05, 3.63) is 70.6 Å². The second-order valence-electron chi connectivity index (χ2n) is 7.65. The highest BCUT2D eigenvalue weighted by Crippen LogP contribution is 2.33. The highest BCUT2D eigenvalue weighted by molar-refractivity contribution is 7.98. The number of hydrogen-bond donors (Lipinski definition) is 0. The molecule has 0 bridgehead atoms. The van der Waals surface area contributed by atoms with Gasteiger partial charge in [-0.2, -0.15) is 0 Å². The number of benzene rings is 2. The molecule has 0 radical (unpaired) electrons. The highest BCUT2D eigenvalue weighted by Gasteiger charge is 2.16. The number of thioether (sulfide) groups is 1. The van der Waals surface area contributed by atoms with Crippen molar-refractivity contribution in [2.24, 2.45) is 0 Å². The SMILES string of the molecule is Cc1c(Cl)c(CSc2nc(CN3CCOCC3)nc3ccccc23)nc2ccccc12. The number of ether oxygens (including phenoxy) is 1. The topological polar surface area (TPSA) is 51.1 Å². The molecule has 0 aliphatic carbocycles. The van der Waals surface area contributed by atoms with Gasteiger partial charge in [0.2, 0.25) is 0 Å². The first kappa shape index (κ1) is 20.6. The van der Waals surface area contributed by atoms with Crippen molar-refractivity contribution in [1.29, 1.82) is 0 Å². The molecule has 1 saturated heterocycles. The van der Waals surface area contributed by atoms with Crippen LogP contribution in [0.5, 0.6) is 0 Å². The molecule has 0 atom stereocenters. The molecule has 1 aliphatic heterocycles. The molecular weight excluding hydrogens is 428 g/mol. The summed E-state index contributed by atoms with van der Waals surface area (Å²) in [5, 5.41) is 3.86. The molecule has 2 aromatic carbocycles. The van der Waals surface area contributed by atoms with Gasteiger partial charge in [0.15, 0.2) is 0 Å². The van der Waals surface area contributed by atoms with Crippen molar-refractivity contribution in [3.8, 4) is 0 Å². The zero-order valence-electron chi connectivity index (χ0n) is 17.3. The van der Waals surface area contributed by atoms with Gasteiger partial charge in [0.25, 0.3) is 0 Å². The van der Waals surface area contributed by atoms with Crippen LogP contribution in [0.1, 0.15) is 17.1 Å². The van der Waals surface area contributed by atoms with E-state index in [1.54, 1.807) is 11.8 Å². The van der Waals surface area contributed by atoms with E-state index in [1.807, 2.05) is 30.3 Å². The summed E-state index contributed by atoms with van der Waals surface area (Å²) in [4.78, 5) is 16.9. The Morgan fingerprint density at radius 1 is 0.935 bits per heavy atom. The molecule has 1 fully saturated rings. The molecule has 0 spiro atoms. The largest absolute Gasteiger partial charge is 0.379 e. The number of nitrogens with zero attached hydrogens (tertiary/aromatic N) is 4. The quantitative estimate of drug-likeness (QED) is 0.305. The normalized spacial score (nSPS) is 15.0. The molecule has 3 heterocycles. The Balaban J connectivity index is 1.46. The predicted octanol–water partition coefficient (Wildman–Crippen LogP) is 5.26. The summed E-state index contributed by atoms with van der Waals surface area (Å²) in [7, 11) is 0. The minimum absolute atomic E-state index is 0.655. The number of morpholine rings is 1. The van der Waals surface area contributed by atoms with Crippen molar-refractivity contribution in [1.82, 2.24) is 19.9 Å². The van der Waals surface area contributed by atoms with E-state index >= 15 is 0 Å². The van der Waals surface area contributed by atoms with Crippen molar-refractivity contribution in [3.63, 3.8) is 0 Å². The van der Waals surface area contributed by atoms with E-state index in [0.717, 1.165) is 81.8 Å². The molecule has 4 aromatic rings. The van der Waals surface area contributed by atoms with Gasteiger partial charge in [-0.15, -0.1) is 0 Å². The average Bonchev–Trinajstić information content (AvgIpc) is 2.81. The summed E-state index contributed by atoms with van der Waals surface area (Å²) < 4.78 is 5.46. The first-order valence-corrected chi connectivity index (χ1v) is 11.8. The molecule has 0 amide bonds. The van der Waals surface area contributed by atoms with E-state index in [2.05, 4.69) is 30.0 Å². The van der Waals surface area contributed by atoms with Gasteiger partial charge >= 0.3 is 0 Å². The van der Waals surface area contributed by atoms with E-state index in [9.17, 15) is 0 Å². The lowest BCUT2D eigenvalue weighted by Gasteiger charge is -2.25. The van der Waals surface area contributed by atoms with E-state index in [-0.39, 0.29) is 0 Å². The monoisotopic (exact) mass is 450 g/mol. The first-order chi connectivity index (χ1) is 15.2. The van der Waals surface area contributed by atoms with E-state index in [4.69, 9.17) is 31.3 Å². The second kappa shape index (κ2) is 9.09. The zero-order valence-corrected chi connectivity index (χ0v) is 18.9. The number of rotatable bonds is 5. The van der Waals surface area contributed by atoms with Crippen molar-refractivity contribution in [2.45, 2.75) is 24.2 Å². The van der Waals surface area contributed by atoms with Gasteiger partial charge in [-0.25, -0.2) is 9.97 Å². The molecular formula is C24H23ClN4OS. The van der Waals surface area contributed by atoms with Crippen molar-refractivity contribution >= 4 is 45.2 Å². The third-order valence-corrected chi connectivity index (χ3v) is 7.08. The lowest BCUT2D eigenvalue weighted by Crippen LogP contribution is -2.36. The molecule has 158 valence electrons. The van der Waals surface area contributed by atoms with Crippen LogP contribution >= 0.6 is 23.4 Å². The lowest BCUT2D eigenvalue weighted by molar-refractivity contribution is 0.0330. The third kappa shape index (κ3) is 4.39. The number of halogens is 1. The molecule has 5 nitrogen and oxygen atoms in total. The van der Waals surface area contributed by atoms with Gasteiger partial charge in [0, 0.05) is 29.6 Å². The fraction of sp³-hybridized carbons (Fsp3) is 0.292. The number of aromatic nitrogens is 3. The molecule has 5 rings (SSSR count). The van der Waals surface area contributed by atoms with Gasteiger partial charge in [0.05, 0.1) is 41.5 Å². The number of fused-ring (bicyclic) bond motifs is 2. The van der Waals surface area contributed by atoms with Gasteiger partial charge in [-0.1, -0.05) is 59.8 Å². The van der Waals surface area contributed by atoms with Crippen LogP contribution in [0.4, 0.5) is 0 Å². The fourth-order valence-electron chi connectivity index (χ4n) is 3.88. The number of aryl methyl sites for hydroxylation is 1. The maximum atomic E-state index is 6.69. The summed E-state index contributed by atoms with van der Waals surface area (Å²) in [6.45, 7) is 6.14. The van der Waals surface area contributed by atoms with Crippen LogP contribution in [0.25, 0.3) is 21.8 Å². The summed E-state index contributed by atoms with van der Waals surface area (Å²) in [5.74, 6) is 1.50. The van der Waals surface area contributed by atoms with Crippen LogP contribution in [-0.4, -0.2) is 46.2 Å². The minimum atomic E-state index is 0.655. The first-order valence-electron chi connectivity index (χ1n) is 10.4. The lowest BCUT2D eigenvalue weighted by atomic mass is 10.1. The predicted molar refractivity (Wildman–Crippen MR) is 127 cm³/mol. The van der Waals surface area contributed by atoms with Crippen molar-refractivity contribution < 1.29 is 4.74 Å². The smallest absolute Gasteiger partial charge is 0.144 e. The highest BCUT2D eigenvalue weighted by atomic mass is 35.5. The Morgan fingerprint density at radius 2 is 1.61 bits per heavy atom. The summed E-state index contributed by atoms with van der Waals surface area (Å²) >= 11 is 8.36. The van der Waals surface area contributed by atoms with Crippen LogP contribution in [0, 0.1) is 6.92 Å². The van der Waals surface area contributed by atoms with E-state index in [1.165, 1.54) is 0 Å². The number of para-hydroxylation sites is 2. The molecule has 0 unspecified atom stereocenters. The van der Waals surface area contributed by atoms with E-state index < -0.39 is 0 Å². The average molecular weight is 451 g/mol. The summed E-state index contributed by atoms with van der Waals surface area (Å²) in [6, 6.07) is 16.3. The number of pyridine rings is 1. The van der Waals surface area contributed by atoms with Crippen LogP contribution in [0.2, 0.25) is 5.02 Å². The van der Waals surface area contributed by atoms with Crippen LogP contribution in [0.3, 0.4) is 0 Å². The standard InChI is InChI=1S/C24H23ClN4OS/c1-16-17-6-2-4-8-19(17)26-21(23(16)25)15-31-24-18-7-3-5-9-20(18)27-22(28-24)14-29-10-12-30-13-11-29/h2-9H,10-15H2,1H3. The Kier molecular flexibility index (Phi) is 6.05. The van der Waals surface area contributed by atoms with Gasteiger partial charge < -0.3 is 4.74 Å². The molecule has 7 heteroatoms.